The van der Waals surface area contributed by atoms with Crippen molar-refractivity contribution in [2.24, 2.45) is 0 Å². The van der Waals surface area contributed by atoms with Crippen LogP contribution in [-0.4, -0.2) is 35.5 Å². The molecule has 3 rings (SSSR count). The Hall–Kier alpha value is -1.30. The van der Waals surface area contributed by atoms with Gasteiger partial charge in [-0.2, -0.15) is 0 Å². The van der Waals surface area contributed by atoms with Gasteiger partial charge in [-0.3, -0.25) is 0 Å². The second-order valence-electron chi connectivity index (χ2n) is 3.79. The average molecular weight is 196 g/mol. The number of morpholine rings is 1. The first-order valence-electron chi connectivity index (χ1n) is 4.80. The van der Waals surface area contributed by atoms with E-state index in [9.17, 15) is 0 Å². The molecule has 6 heteroatoms. The highest BCUT2D eigenvalue weighted by Gasteiger charge is 2.35. The number of nitrogens with two attached hydrogens (primary N) is 1. The van der Waals surface area contributed by atoms with Crippen LogP contribution in [0.2, 0.25) is 0 Å². The fraction of sp³-hybridized carbons (Fsp3) is 0.750. The summed E-state index contributed by atoms with van der Waals surface area (Å²) >= 11 is 0. The van der Waals surface area contributed by atoms with Crippen LogP contribution >= 0.6 is 0 Å². The van der Waals surface area contributed by atoms with Crippen molar-refractivity contribution in [2.75, 3.05) is 23.7 Å². The Morgan fingerprint density at radius 3 is 2.50 bits per heavy atom. The predicted octanol–water partition coefficient (Wildman–Crippen LogP) is 0.0194. The minimum atomic E-state index is 0.124. The Morgan fingerprint density at radius 1 is 1.21 bits per heavy atom. The van der Waals surface area contributed by atoms with Gasteiger partial charge in [0.2, 0.25) is 0 Å². The first-order chi connectivity index (χ1) is 6.81. The molecule has 0 amide bonds. The van der Waals surface area contributed by atoms with Gasteiger partial charge in [0.1, 0.15) is 0 Å². The number of nitrogens with zero attached hydrogens (tertiary/aromatic N) is 3. The number of hydrogen-bond donors (Lipinski definition) is 1. The van der Waals surface area contributed by atoms with Gasteiger partial charge in [0.15, 0.2) is 0 Å². The molecule has 2 unspecified atom stereocenters. The molecule has 2 bridgehead atoms. The fourth-order valence-electron chi connectivity index (χ4n) is 2.13. The highest BCUT2D eigenvalue weighted by Crippen LogP contribution is 2.28. The molecule has 2 aliphatic heterocycles. The Kier molecular flexibility index (Phi) is 1.63. The Morgan fingerprint density at radius 2 is 1.93 bits per heavy atom. The van der Waals surface area contributed by atoms with Crippen molar-refractivity contribution < 1.29 is 9.15 Å². The van der Waals surface area contributed by atoms with Gasteiger partial charge >= 0.3 is 12.0 Å². The van der Waals surface area contributed by atoms with Crippen LogP contribution in [0.15, 0.2) is 4.42 Å². The maximum Gasteiger partial charge on any atom is 0.319 e. The summed E-state index contributed by atoms with van der Waals surface area (Å²) in [5, 5.41) is 7.51. The van der Waals surface area contributed by atoms with E-state index >= 15 is 0 Å². The fourth-order valence-corrected chi connectivity index (χ4v) is 2.13. The summed E-state index contributed by atoms with van der Waals surface area (Å²) in [5.74, 6) is 0. The van der Waals surface area contributed by atoms with E-state index in [0.29, 0.717) is 18.2 Å². The Labute approximate surface area is 81.0 Å². The molecule has 0 aliphatic carbocycles. The molecule has 2 saturated heterocycles. The van der Waals surface area contributed by atoms with E-state index in [1.807, 2.05) is 0 Å². The van der Waals surface area contributed by atoms with Gasteiger partial charge in [0.05, 0.1) is 12.2 Å². The number of rotatable bonds is 1. The first kappa shape index (κ1) is 8.05. The summed E-state index contributed by atoms with van der Waals surface area (Å²) in [7, 11) is 0. The van der Waals surface area contributed by atoms with Gasteiger partial charge in [-0.15, -0.1) is 0 Å². The minimum Gasteiger partial charge on any atom is -0.390 e. The largest absolute Gasteiger partial charge is 0.390 e. The molecule has 6 nitrogen and oxygen atoms in total. The zero-order valence-electron chi connectivity index (χ0n) is 7.72. The second-order valence-corrected chi connectivity index (χ2v) is 3.79. The molecular formula is C8H12N4O2. The lowest BCUT2D eigenvalue weighted by Gasteiger charge is -2.30. The molecule has 3 heterocycles. The number of nitrogen functional groups attached to an aromatic ring is 1. The zero-order valence-corrected chi connectivity index (χ0v) is 7.72. The van der Waals surface area contributed by atoms with Crippen LogP contribution in [0, 0.1) is 0 Å². The second kappa shape index (κ2) is 2.84. The third-order valence-electron chi connectivity index (χ3n) is 2.74. The quantitative estimate of drug-likeness (QED) is 0.682. The molecule has 0 saturated carbocycles. The van der Waals surface area contributed by atoms with E-state index in [0.717, 1.165) is 25.9 Å². The Balaban J connectivity index is 1.80. The van der Waals surface area contributed by atoms with Crippen molar-refractivity contribution in [3.63, 3.8) is 0 Å². The van der Waals surface area contributed by atoms with Crippen LogP contribution < -0.4 is 10.6 Å². The molecule has 2 aliphatic rings. The van der Waals surface area contributed by atoms with Crippen LogP contribution in [0.1, 0.15) is 12.8 Å². The number of fused-ring (bicyclic) bond motifs is 2. The van der Waals surface area contributed by atoms with Gasteiger partial charge in [-0.05, 0) is 12.8 Å². The lowest BCUT2D eigenvalue weighted by Crippen LogP contribution is -2.42. The van der Waals surface area contributed by atoms with Crippen molar-refractivity contribution >= 4 is 12.0 Å². The normalized spacial score (nSPS) is 31.0. The van der Waals surface area contributed by atoms with Crippen molar-refractivity contribution in [1.29, 1.82) is 0 Å². The molecule has 0 spiro atoms. The average Bonchev–Trinajstić information content (AvgIpc) is 2.73. The molecule has 0 radical (unpaired) electrons. The van der Waals surface area contributed by atoms with Crippen LogP contribution in [0.4, 0.5) is 12.0 Å². The molecule has 1 aromatic rings. The summed E-state index contributed by atoms with van der Waals surface area (Å²) in [4.78, 5) is 2.05. The summed E-state index contributed by atoms with van der Waals surface area (Å²) in [6.45, 7) is 1.66. The zero-order chi connectivity index (χ0) is 9.54. The standard InChI is InChI=1S/C8H12N4O2/c9-7-10-11-8(14-7)12-3-5-1-2-6(4-12)13-5/h5-6H,1-4H2,(H2,9,10). The van der Waals surface area contributed by atoms with E-state index in [1.165, 1.54) is 0 Å². The lowest BCUT2D eigenvalue weighted by atomic mass is 10.2. The maximum atomic E-state index is 5.69. The van der Waals surface area contributed by atoms with E-state index in [4.69, 9.17) is 14.9 Å². The van der Waals surface area contributed by atoms with Crippen LogP contribution in [0.25, 0.3) is 0 Å². The molecular weight excluding hydrogens is 184 g/mol. The third kappa shape index (κ3) is 1.22. The van der Waals surface area contributed by atoms with Crippen molar-refractivity contribution in [1.82, 2.24) is 10.2 Å². The third-order valence-corrected chi connectivity index (χ3v) is 2.74. The smallest absolute Gasteiger partial charge is 0.319 e. The van der Waals surface area contributed by atoms with Gasteiger partial charge < -0.3 is 19.8 Å². The number of ether oxygens (including phenoxy) is 1. The highest BCUT2D eigenvalue weighted by molar-refractivity contribution is 5.29. The number of anilines is 2. The van der Waals surface area contributed by atoms with Crippen LogP contribution in [0.5, 0.6) is 0 Å². The number of aromatic nitrogens is 2. The maximum absolute atomic E-state index is 5.69. The molecule has 14 heavy (non-hydrogen) atoms. The van der Waals surface area contributed by atoms with Gasteiger partial charge in [-0.25, -0.2) is 0 Å². The Bertz CT molecular complexity index is 328. The molecule has 1 aromatic heterocycles. The van der Waals surface area contributed by atoms with E-state index < -0.39 is 0 Å². The van der Waals surface area contributed by atoms with Gasteiger partial charge in [-0.1, -0.05) is 10.2 Å². The molecule has 0 aromatic carbocycles. The molecule has 2 fully saturated rings. The van der Waals surface area contributed by atoms with Gasteiger partial charge in [0.25, 0.3) is 0 Å². The topological polar surface area (TPSA) is 77.4 Å². The van der Waals surface area contributed by atoms with Crippen molar-refractivity contribution in [3.05, 3.63) is 0 Å². The highest BCUT2D eigenvalue weighted by atomic mass is 16.5. The number of hydrogen-bond acceptors (Lipinski definition) is 6. The molecule has 2 N–H and O–H groups in total. The molecule has 2 atom stereocenters. The van der Waals surface area contributed by atoms with E-state index in [-0.39, 0.29) is 6.01 Å². The summed E-state index contributed by atoms with van der Waals surface area (Å²) in [5.41, 5.74) is 5.37. The van der Waals surface area contributed by atoms with Crippen LogP contribution in [-0.2, 0) is 4.74 Å². The monoisotopic (exact) mass is 196 g/mol. The predicted molar refractivity (Wildman–Crippen MR) is 48.8 cm³/mol. The summed E-state index contributed by atoms with van der Waals surface area (Å²) < 4.78 is 10.9. The summed E-state index contributed by atoms with van der Waals surface area (Å²) in [6.07, 6.45) is 2.90. The van der Waals surface area contributed by atoms with Crippen molar-refractivity contribution in [3.8, 4) is 0 Å². The summed E-state index contributed by atoms with van der Waals surface area (Å²) in [6, 6.07) is 0.640. The SMILES string of the molecule is Nc1nnc(N2CC3CCC(C2)O3)o1. The van der Waals surface area contributed by atoms with E-state index in [2.05, 4.69) is 15.1 Å². The first-order valence-corrected chi connectivity index (χ1v) is 4.80. The lowest BCUT2D eigenvalue weighted by molar-refractivity contribution is 0.0288. The minimum absolute atomic E-state index is 0.124. The van der Waals surface area contributed by atoms with Gasteiger partial charge in [0, 0.05) is 13.1 Å². The van der Waals surface area contributed by atoms with E-state index in [1.54, 1.807) is 0 Å². The van der Waals surface area contributed by atoms with Crippen LogP contribution in [0.3, 0.4) is 0 Å². The molecule has 76 valence electrons. The van der Waals surface area contributed by atoms with Crippen molar-refractivity contribution in [2.45, 2.75) is 25.0 Å².